The van der Waals surface area contributed by atoms with Crippen LogP contribution >= 0.6 is 0 Å². The maximum absolute atomic E-state index is 13.3. The Morgan fingerprint density at radius 2 is 2.04 bits per heavy atom. The monoisotopic (exact) mass is 378 g/mol. The molecule has 1 aliphatic rings. The zero-order valence-electron chi connectivity index (χ0n) is 14.7. The number of rotatable bonds is 3. The molecule has 1 unspecified atom stereocenters. The van der Waals surface area contributed by atoms with E-state index in [2.05, 4.69) is 16.3 Å². The smallest absolute Gasteiger partial charge is 0.244 e. The highest BCUT2D eigenvalue weighted by atomic mass is 19.1. The number of aromatic hydroxyl groups is 1. The summed E-state index contributed by atoms with van der Waals surface area (Å²) in [5.41, 5.74) is 8.64. The Morgan fingerprint density at radius 1 is 1.29 bits per heavy atom. The maximum Gasteiger partial charge on any atom is 0.244 e. The number of fused-ring (bicyclic) bond motifs is 1. The zero-order valence-corrected chi connectivity index (χ0v) is 14.7. The zero-order chi connectivity index (χ0) is 19.8. The normalized spacial score (nSPS) is 15.5. The van der Waals surface area contributed by atoms with Gasteiger partial charge in [0.1, 0.15) is 17.5 Å². The third-order valence-electron chi connectivity index (χ3n) is 4.61. The highest BCUT2D eigenvalue weighted by Gasteiger charge is 2.36. The number of phenolic OH excluding ortho intramolecular Hbond substituents is 1. The minimum Gasteiger partial charge on any atom is -0.504 e. The first-order valence-electron chi connectivity index (χ1n) is 8.32. The van der Waals surface area contributed by atoms with Crippen LogP contribution in [0.2, 0.25) is 0 Å². The van der Waals surface area contributed by atoms with E-state index in [9.17, 15) is 14.8 Å². The van der Waals surface area contributed by atoms with E-state index in [0.29, 0.717) is 22.4 Å². The number of nitrogens with zero attached hydrogens (tertiary/aromatic N) is 2. The molecule has 140 valence electrons. The molecule has 0 bridgehead atoms. The number of phenols is 1. The number of hydrogen-bond donors (Lipinski definition) is 3. The summed E-state index contributed by atoms with van der Waals surface area (Å²) in [7, 11) is 1.44. The maximum atomic E-state index is 13.3. The molecule has 0 fully saturated rings. The number of nitriles is 1. The molecule has 0 aliphatic carbocycles. The van der Waals surface area contributed by atoms with Gasteiger partial charge in [0, 0.05) is 5.56 Å². The summed E-state index contributed by atoms with van der Waals surface area (Å²) in [5, 5.41) is 26.7. The van der Waals surface area contributed by atoms with Crippen molar-refractivity contribution >= 4 is 0 Å². The van der Waals surface area contributed by atoms with Crippen LogP contribution < -0.4 is 15.2 Å². The second-order valence-corrected chi connectivity index (χ2v) is 6.18. The van der Waals surface area contributed by atoms with E-state index in [0.717, 1.165) is 0 Å². The van der Waals surface area contributed by atoms with Gasteiger partial charge in [0.25, 0.3) is 0 Å². The van der Waals surface area contributed by atoms with Crippen molar-refractivity contribution in [3.8, 4) is 34.7 Å². The van der Waals surface area contributed by atoms with Gasteiger partial charge in [-0.25, -0.2) is 4.39 Å². The molecule has 0 amide bonds. The lowest BCUT2D eigenvalue weighted by Crippen LogP contribution is -2.21. The first-order chi connectivity index (χ1) is 13.5. The largest absolute Gasteiger partial charge is 0.504 e. The summed E-state index contributed by atoms with van der Waals surface area (Å²) in [6, 6.07) is 12.7. The van der Waals surface area contributed by atoms with Gasteiger partial charge in [-0.3, -0.25) is 5.10 Å². The minimum atomic E-state index is -0.609. The van der Waals surface area contributed by atoms with Crippen molar-refractivity contribution in [2.45, 2.75) is 5.92 Å². The molecule has 4 N–H and O–H groups in total. The number of nitrogens with two attached hydrogens (primary N) is 1. The van der Waals surface area contributed by atoms with Crippen LogP contribution in [0.15, 0.2) is 53.9 Å². The molecule has 2 heterocycles. The second-order valence-electron chi connectivity index (χ2n) is 6.18. The second kappa shape index (κ2) is 6.63. The lowest BCUT2D eigenvalue weighted by Gasteiger charge is -2.24. The molecule has 0 radical (unpaired) electrons. The Hall–Kier alpha value is -3.99. The first kappa shape index (κ1) is 17.4. The van der Waals surface area contributed by atoms with E-state index < -0.39 is 5.92 Å². The van der Waals surface area contributed by atoms with Crippen LogP contribution in [-0.2, 0) is 0 Å². The van der Waals surface area contributed by atoms with Gasteiger partial charge >= 0.3 is 0 Å². The fourth-order valence-corrected chi connectivity index (χ4v) is 3.29. The number of nitrogens with one attached hydrogen (secondary N) is 1. The highest BCUT2D eigenvalue weighted by molar-refractivity contribution is 5.71. The number of aromatic amines is 1. The van der Waals surface area contributed by atoms with Gasteiger partial charge < -0.3 is 20.3 Å². The SMILES string of the molecule is COc1cc(C2C(C#N)=C(N)Oc3n[nH]c(-c4ccc(F)cc4)c32)ccc1O. The predicted octanol–water partition coefficient (Wildman–Crippen LogP) is 3.15. The number of ether oxygens (including phenoxy) is 2. The molecule has 1 aromatic heterocycles. The average molecular weight is 378 g/mol. The van der Waals surface area contributed by atoms with E-state index in [1.165, 1.54) is 25.3 Å². The standard InChI is InChI=1S/C20H15FN4O3/c1-27-15-8-11(4-7-14(15)26)16-13(9-22)19(23)28-20-17(16)18(24-25-20)10-2-5-12(21)6-3-10/h2-8,16,26H,23H2,1H3,(H,24,25). The minimum absolute atomic E-state index is 0.0278. The molecule has 1 aliphatic heterocycles. The molecular weight excluding hydrogens is 363 g/mol. The van der Waals surface area contributed by atoms with Crippen LogP contribution in [0, 0.1) is 17.1 Å². The molecule has 8 heteroatoms. The van der Waals surface area contributed by atoms with Crippen LogP contribution in [0.5, 0.6) is 17.4 Å². The van der Waals surface area contributed by atoms with Crippen molar-refractivity contribution in [3.63, 3.8) is 0 Å². The molecule has 3 aromatic rings. The number of methoxy groups -OCH3 is 1. The summed E-state index contributed by atoms with van der Waals surface area (Å²) in [6.07, 6.45) is 0. The van der Waals surface area contributed by atoms with Crippen molar-refractivity contribution in [2.75, 3.05) is 7.11 Å². The topological polar surface area (TPSA) is 117 Å². The van der Waals surface area contributed by atoms with Gasteiger partial charge in [-0.1, -0.05) is 6.07 Å². The molecular formula is C20H15FN4O3. The summed E-state index contributed by atoms with van der Waals surface area (Å²) in [5.74, 6) is -0.567. The number of benzene rings is 2. The van der Waals surface area contributed by atoms with E-state index in [1.54, 1.807) is 24.3 Å². The van der Waals surface area contributed by atoms with E-state index in [4.69, 9.17) is 15.2 Å². The van der Waals surface area contributed by atoms with Gasteiger partial charge in [0.15, 0.2) is 11.5 Å². The average Bonchev–Trinajstić information content (AvgIpc) is 3.11. The van der Waals surface area contributed by atoms with Gasteiger partial charge in [0.2, 0.25) is 11.8 Å². The Labute approximate surface area is 159 Å². The molecule has 4 rings (SSSR count). The van der Waals surface area contributed by atoms with Gasteiger partial charge in [-0.15, -0.1) is 5.10 Å². The third kappa shape index (κ3) is 2.70. The Bertz CT molecular complexity index is 1130. The van der Waals surface area contributed by atoms with Crippen LogP contribution in [0.25, 0.3) is 11.3 Å². The molecule has 0 saturated heterocycles. The van der Waals surface area contributed by atoms with Crippen molar-refractivity contribution in [1.82, 2.24) is 10.2 Å². The lowest BCUT2D eigenvalue weighted by molar-refractivity contribution is 0.371. The van der Waals surface area contributed by atoms with Crippen molar-refractivity contribution in [2.24, 2.45) is 5.73 Å². The van der Waals surface area contributed by atoms with Gasteiger partial charge in [-0.2, -0.15) is 5.26 Å². The van der Waals surface area contributed by atoms with Gasteiger partial charge in [-0.05, 0) is 42.0 Å². The molecule has 28 heavy (non-hydrogen) atoms. The Morgan fingerprint density at radius 3 is 2.71 bits per heavy atom. The van der Waals surface area contributed by atoms with Crippen molar-refractivity contribution in [1.29, 1.82) is 5.26 Å². The Kier molecular flexibility index (Phi) is 4.12. The number of hydrogen-bond acceptors (Lipinski definition) is 6. The lowest BCUT2D eigenvalue weighted by atomic mass is 9.83. The van der Waals surface area contributed by atoms with Crippen LogP contribution in [-0.4, -0.2) is 22.4 Å². The van der Waals surface area contributed by atoms with E-state index in [1.807, 2.05) is 0 Å². The molecule has 0 spiro atoms. The number of H-pyrrole nitrogens is 1. The predicted molar refractivity (Wildman–Crippen MR) is 97.9 cm³/mol. The van der Waals surface area contributed by atoms with Crippen molar-refractivity contribution < 1.29 is 19.0 Å². The van der Waals surface area contributed by atoms with Crippen LogP contribution in [0.1, 0.15) is 17.0 Å². The quantitative estimate of drug-likeness (QED) is 0.644. The first-order valence-corrected chi connectivity index (χ1v) is 8.32. The summed E-state index contributed by atoms with van der Waals surface area (Å²) in [4.78, 5) is 0. The van der Waals surface area contributed by atoms with E-state index in [-0.39, 0.29) is 34.7 Å². The number of aromatic nitrogens is 2. The van der Waals surface area contributed by atoms with Crippen molar-refractivity contribution in [3.05, 3.63) is 70.9 Å². The fourth-order valence-electron chi connectivity index (χ4n) is 3.29. The van der Waals surface area contributed by atoms with E-state index >= 15 is 0 Å². The van der Waals surface area contributed by atoms with Gasteiger partial charge in [0.05, 0.1) is 24.3 Å². The fraction of sp³-hybridized carbons (Fsp3) is 0.100. The third-order valence-corrected chi connectivity index (χ3v) is 4.61. The summed E-state index contributed by atoms with van der Waals surface area (Å²) < 4.78 is 24.1. The van der Waals surface area contributed by atoms with Crippen LogP contribution in [0.4, 0.5) is 4.39 Å². The number of halogens is 1. The summed E-state index contributed by atoms with van der Waals surface area (Å²) >= 11 is 0. The molecule has 7 nitrogen and oxygen atoms in total. The molecule has 1 atom stereocenters. The molecule has 0 saturated carbocycles. The summed E-state index contributed by atoms with van der Waals surface area (Å²) in [6.45, 7) is 0. The molecule has 2 aromatic carbocycles. The highest BCUT2D eigenvalue weighted by Crippen LogP contribution is 2.46. The number of allylic oxidation sites excluding steroid dienone is 1. The van der Waals surface area contributed by atoms with Crippen LogP contribution in [0.3, 0.4) is 0 Å². The Balaban J connectivity index is 1.94.